The third-order valence-corrected chi connectivity index (χ3v) is 2.81. The first-order chi connectivity index (χ1) is 7.13. The van der Waals surface area contributed by atoms with Gasteiger partial charge in [-0.05, 0) is 12.1 Å². The standard InChI is InChI=1S/C11H14O4/c12-8-2-1-3-9(13)10(8)11(14)4-6-15-7-5-11/h1-3,12-14H,4-7H2. The molecule has 0 spiro atoms. The van der Waals surface area contributed by atoms with Crippen molar-refractivity contribution in [2.24, 2.45) is 0 Å². The lowest BCUT2D eigenvalue weighted by atomic mass is 9.85. The molecular weight excluding hydrogens is 196 g/mol. The van der Waals surface area contributed by atoms with Crippen LogP contribution in [-0.2, 0) is 10.3 Å². The Morgan fingerprint density at radius 2 is 1.60 bits per heavy atom. The first-order valence-corrected chi connectivity index (χ1v) is 4.95. The van der Waals surface area contributed by atoms with E-state index in [0.717, 1.165) is 0 Å². The summed E-state index contributed by atoms with van der Waals surface area (Å²) in [4.78, 5) is 0. The highest BCUT2D eigenvalue weighted by atomic mass is 16.5. The molecule has 1 aromatic rings. The fourth-order valence-corrected chi connectivity index (χ4v) is 1.96. The molecule has 2 rings (SSSR count). The first-order valence-electron chi connectivity index (χ1n) is 4.95. The smallest absolute Gasteiger partial charge is 0.125 e. The van der Waals surface area contributed by atoms with E-state index in [1.54, 1.807) is 0 Å². The van der Waals surface area contributed by atoms with E-state index in [-0.39, 0.29) is 17.1 Å². The number of aromatic hydroxyl groups is 2. The maximum absolute atomic E-state index is 10.3. The minimum absolute atomic E-state index is 0.0700. The molecule has 0 saturated carbocycles. The molecule has 82 valence electrons. The van der Waals surface area contributed by atoms with Crippen molar-refractivity contribution in [2.45, 2.75) is 18.4 Å². The maximum Gasteiger partial charge on any atom is 0.125 e. The van der Waals surface area contributed by atoms with Gasteiger partial charge < -0.3 is 20.1 Å². The van der Waals surface area contributed by atoms with E-state index in [9.17, 15) is 15.3 Å². The fraction of sp³-hybridized carbons (Fsp3) is 0.455. The van der Waals surface area contributed by atoms with Crippen LogP contribution in [-0.4, -0.2) is 28.5 Å². The van der Waals surface area contributed by atoms with Crippen molar-refractivity contribution in [3.05, 3.63) is 23.8 Å². The molecule has 1 saturated heterocycles. The number of hydrogen-bond acceptors (Lipinski definition) is 4. The van der Waals surface area contributed by atoms with E-state index in [4.69, 9.17) is 4.74 Å². The van der Waals surface area contributed by atoms with Crippen LogP contribution in [0.2, 0.25) is 0 Å². The highest BCUT2D eigenvalue weighted by Gasteiger charge is 2.36. The number of ether oxygens (including phenoxy) is 1. The number of phenolic OH excluding ortho intramolecular Hbond substituents is 2. The summed E-state index contributed by atoms with van der Waals surface area (Å²) in [5.41, 5.74) is -0.957. The molecule has 1 fully saturated rings. The zero-order valence-electron chi connectivity index (χ0n) is 8.31. The van der Waals surface area contributed by atoms with E-state index in [0.29, 0.717) is 26.1 Å². The minimum atomic E-state index is -1.17. The molecule has 1 aliphatic heterocycles. The molecule has 1 heterocycles. The predicted molar refractivity (Wildman–Crippen MR) is 53.7 cm³/mol. The molecule has 4 heteroatoms. The van der Waals surface area contributed by atoms with Crippen LogP contribution in [0, 0.1) is 0 Å². The van der Waals surface area contributed by atoms with Gasteiger partial charge in [0, 0.05) is 26.1 Å². The number of aliphatic hydroxyl groups is 1. The second-order valence-corrected chi connectivity index (χ2v) is 3.82. The van der Waals surface area contributed by atoms with Gasteiger partial charge in [-0.25, -0.2) is 0 Å². The highest BCUT2D eigenvalue weighted by Crippen LogP contribution is 2.41. The fourth-order valence-electron chi connectivity index (χ4n) is 1.96. The van der Waals surface area contributed by atoms with Crippen LogP contribution in [0.3, 0.4) is 0 Å². The Hall–Kier alpha value is -1.26. The summed E-state index contributed by atoms with van der Waals surface area (Å²) in [6, 6.07) is 4.46. The molecule has 4 nitrogen and oxygen atoms in total. The van der Waals surface area contributed by atoms with Crippen molar-refractivity contribution >= 4 is 0 Å². The molecule has 0 aliphatic carbocycles. The Balaban J connectivity index is 2.42. The number of hydrogen-bond donors (Lipinski definition) is 3. The van der Waals surface area contributed by atoms with E-state index in [1.165, 1.54) is 18.2 Å². The highest BCUT2D eigenvalue weighted by molar-refractivity contribution is 5.47. The molecule has 0 unspecified atom stereocenters. The Morgan fingerprint density at radius 3 is 2.13 bits per heavy atom. The molecule has 15 heavy (non-hydrogen) atoms. The van der Waals surface area contributed by atoms with Crippen molar-refractivity contribution in [3.63, 3.8) is 0 Å². The van der Waals surface area contributed by atoms with Gasteiger partial charge in [-0.1, -0.05) is 6.07 Å². The molecule has 0 radical (unpaired) electrons. The zero-order valence-corrected chi connectivity index (χ0v) is 8.31. The van der Waals surface area contributed by atoms with E-state index in [1.807, 2.05) is 0 Å². The molecule has 1 aliphatic rings. The third-order valence-electron chi connectivity index (χ3n) is 2.81. The lowest BCUT2D eigenvalue weighted by Crippen LogP contribution is -2.33. The van der Waals surface area contributed by atoms with Gasteiger partial charge in [0.25, 0.3) is 0 Å². The predicted octanol–water partition coefficient (Wildman–Crippen LogP) is 1.10. The summed E-state index contributed by atoms with van der Waals surface area (Å²) < 4.78 is 5.14. The Labute approximate surface area is 87.7 Å². The van der Waals surface area contributed by atoms with Crippen molar-refractivity contribution in [2.75, 3.05) is 13.2 Å². The average molecular weight is 210 g/mol. The number of benzene rings is 1. The molecular formula is C11H14O4. The normalized spacial score (nSPS) is 20.1. The number of rotatable bonds is 1. The summed E-state index contributed by atoms with van der Waals surface area (Å²) in [5, 5.41) is 29.6. The van der Waals surface area contributed by atoms with E-state index >= 15 is 0 Å². The van der Waals surface area contributed by atoms with Crippen LogP contribution in [0.25, 0.3) is 0 Å². The first kappa shape index (κ1) is 10.3. The molecule has 0 amide bonds. The lowest BCUT2D eigenvalue weighted by Gasteiger charge is -2.33. The van der Waals surface area contributed by atoms with Crippen LogP contribution in [0.15, 0.2) is 18.2 Å². The second kappa shape index (κ2) is 3.72. The van der Waals surface area contributed by atoms with Crippen LogP contribution in [0.1, 0.15) is 18.4 Å². The summed E-state index contributed by atoms with van der Waals surface area (Å²) in [5.74, 6) is -0.140. The third kappa shape index (κ3) is 1.78. The van der Waals surface area contributed by atoms with Crippen LogP contribution < -0.4 is 0 Å². The van der Waals surface area contributed by atoms with Crippen LogP contribution in [0.4, 0.5) is 0 Å². The van der Waals surface area contributed by atoms with Gasteiger partial charge in [-0.15, -0.1) is 0 Å². The SMILES string of the molecule is Oc1cccc(O)c1C1(O)CCOCC1. The van der Waals surface area contributed by atoms with Crippen molar-refractivity contribution < 1.29 is 20.1 Å². The Bertz CT molecular complexity index is 335. The van der Waals surface area contributed by atoms with Crippen LogP contribution in [0.5, 0.6) is 11.5 Å². The van der Waals surface area contributed by atoms with Gasteiger partial charge in [0.05, 0.1) is 5.56 Å². The van der Waals surface area contributed by atoms with Crippen molar-refractivity contribution in [3.8, 4) is 11.5 Å². The Kier molecular flexibility index (Phi) is 2.54. The summed E-state index contributed by atoms with van der Waals surface area (Å²) >= 11 is 0. The summed E-state index contributed by atoms with van der Waals surface area (Å²) in [7, 11) is 0. The van der Waals surface area contributed by atoms with Crippen molar-refractivity contribution in [1.82, 2.24) is 0 Å². The minimum Gasteiger partial charge on any atom is -0.507 e. The van der Waals surface area contributed by atoms with Gasteiger partial charge in [-0.2, -0.15) is 0 Å². The van der Waals surface area contributed by atoms with E-state index in [2.05, 4.69) is 0 Å². The molecule has 3 N–H and O–H groups in total. The van der Waals surface area contributed by atoms with Gasteiger partial charge >= 0.3 is 0 Å². The summed E-state index contributed by atoms with van der Waals surface area (Å²) in [6.07, 6.45) is 0.774. The topological polar surface area (TPSA) is 69.9 Å². The zero-order chi connectivity index (χ0) is 10.9. The Morgan fingerprint density at radius 1 is 1.07 bits per heavy atom. The van der Waals surface area contributed by atoms with Gasteiger partial charge in [-0.3, -0.25) is 0 Å². The molecule has 1 aromatic carbocycles. The quantitative estimate of drug-likeness (QED) is 0.649. The van der Waals surface area contributed by atoms with Crippen LogP contribution >= 0.6 is 0 Å². The maximum atomic E-state index is 10.3. The van der Waals surface area contributed by atoms with Gasteiger partial charge in [0.1, 0.15) is 17.1 Å². The second-order valence-electron chi connectivity index (χ2n) is 3.82. The molecule has 0 bridgehead atoms. The van der Waals surface area contributed by atoms with E-state index < -0.39 is 5.60 Å². The largest absolute Gasteiger partial charge is 0.507 e. The molecule has 0 atom stereocenters. The average Bonchev–Trinajstić information content (AvgIpc) is 2.18. The van der Waals surface area contributed by atoms with Crippen molar-refractivity contribution in [1.29, 1.82) is 0 Å². The molecule has 0 aromatic heterocycles. The monoisotopic (exact) mass is 210 g/mol. The summed E-state index contributed by atoms with van der Waals surface area (Å²) in [6.45, 7) is 0.870. The van der Waals surface area contributed by atoms with Gasteiger partial charge in [0.15, 0.2) is 0 Å². The van der Waals surface area contributed by atoms with Gasteiger partial charge in [0.2, 0.25) is 0 Å². The number of phenols is 2. The lowest BCUT2D eigenvalue weighted by molar-refractivity contribution is -0.0699.